The zero-order valence-corrected chi connectivity index (χ0v) is 13.4. The van der Waals surface area contributed by atoms with Crippen LogP contribution in [0.1, 0.15) is 33.2 Å². The summed E-state index contributed by atoms with van der Waals surface area (Å²) < 4.78 is 10.1. The highest BCUT2D eigenvalue weighted by Gasteiger charge is 2.10. The Labute approximate surface area is 135 Å². The number of aryl methyl sites for hydroxylation is 1. The number of carbonyl (C=O) groups excluding carboxylic acids is 2. The Hall–Kier alpha value is -2.82. The van der Waals surface area contributed by atoms with Crippen molar-refractivity contribution in [3.8, 4) is 5.75 Å². The summed E-state index contributed by atoms with van der Waals surface area (Å²) in [5.74, 6) is 0.137. The Bertz CT molecular complexity index is 707. The first-order valence-electron chi connectivity index (χ1n) is 7.28. The van der Waals surface area contributed by atoms with Crippen LogP contribution in [0.5, 0.6) is 5.75 Å². The van der Waals surface area contributed by atoms with Crippen molar-refractivity contribution in [1.29, 1.82) is 0 Å². The van der Waals surface area contributed by atoms with E-state index < -0.39 is 5.97 Å². The van der Waals surface area contributed by atoms with Gasteiger partial charge in [-0.1, -0.05) is 0 Å². The minimum Gasteiger partial charge on any atom is -0.494 e. The molecule has 0 radical (unpaired) electrons. The molecule has 1 amide bonds. The van der Waals surface area contributed by atoms with Crippen molar-refractivity contribution in [3.05, 3.63) is 59.2 Å². The Morgan fingerprint density at radius 3 is 2.26 bits per heavy atom. The molecule has 0 spiro atoms. The molecule has 2 aromatic rings. The van der Waals surface area contributed by atoms with E-state index in [-0.39, 0.29) is 5.91 Å². The lowest BCUT2D eigenvalue weighted by molar-refractivity contribution is 0.0600. The van der Waals surface area contributed by atoms with E-state index in [9.17, 15) is 9.59 Å². The van der Waals surface area contributed by atoms with Gasteiger partial charge in [0.1, 0.15) is 5.75 Å². The van der Waals surface area contributed by atoms with Gasteiger partial charge in [-0.05, 0) is 61.9 Å². The molecule has 0 fully saturated rings. The van der Waals surface area contributed by atoms with E-state index in [1.165, 1.54) is 7.11 Å². The number of carbonyl (C=O) groups is 2. The van der Waals surface area contributed by atoms with E-state index in [1.807, 2.05) is 13.8 Å². The highest BCUT2D eigenvalue weighted by Crippen LogP contribution is 2.20. The minimum absolute atomic E-state index is 0.220. The van der Waals surface area contributed by atoms with E-state index in [4.69, 9.17) is 4.74 Å². The fourth-order valence-electron chi connectivity index (χ4n) is 2.12. The van der Waals surface area contributed by atoms with E-state index in [1.54, 1.807) is 42.5 Å². The summed E-state index contributed by atoms with van der Waals surface area (Å²) >= 11 is 0. The third kappa shape index (κ3) is 4.10. The molecule has 5 nitrogen and oxygen atoms in total. The zero-order valence-electron chi connectivity index (χ0n) is 13.4. The van der Waals surface area contributed by atoms with Crippen LogP contribution in [-0.2, 0) is 4.74 Å². The summed E-state index contributed by atoms with van der Waals surface area (Å²) in [4.78, 5) is 23.6. The topological polar surface area (TPSA) is 64.6 Å². The van der Waals surface area contributed by atoms with Gasteiger partial charge < -0.3 is 14.8 Å². The second-order valence-corrected chi connectivity index (χ2v) is 4.94. The van der Waals surface area contributed by atoms with Crippen LogP contribution in [0.15, 0.2) is 42.5 Å². The van der Waals surface area contributed by atoms with Crippen molar-refractivity contribution in [2.75, 3.05) is 19.0 Å². The molecule has 0 aliphatic heterocycles. The molecule has 5 heteroatoms. The summed E-state index contributed by atoms with van der Waals surface area (Å²) in [6.45, 7) is 4.39. The molecule has 0 saturated carbocycles. The van der Waals surface area contributed by atoms with Gasteiger partial charge >= 0.3 is 5.97 Å². The quantitative estimate of drug-likeness (QED) is 0.859. The maximum atomic E-state index is 12.3. The van der Waals surface area contributed by atoms with Crippen LogP contribution in [0.4, 0.5) is 5.69 Å². The molecule has 2 rings (SSSR count). The maximum Gasteiger partial charge on any atom is 0.337 e. The van der Waals surface area contributed by atoms with Crippen LogP contribution < -0.4 is 10.1 Å². The number of benzene rings is 2. The molecule has 0 aliphatic rings. The smallest absolute Gasteiger partial charge is 0.337 e. The Morgan fingerprint density at radius 2 is 1.70 bits per heavy atom. The fourth-order valence-corrected chi connectivity index (χ4v) is 2.12. The molecule has 0 heterocycles. The summed E-state index contributed by atoms with van der Waals surface area (Å²) in [6.07, 6.45) is 0. The number of esters is 1. The standard InChI is InChI=1S/C18H19NO4/c1-4-23-16-10-7-14(11-12(16)2)17(20)19-15-8-5-13(6-9-15)18(21)22-3/h5-11H,4H2,1-3H3,(H,19,20). The first kappa shape index (κ1) is 16.5. The number of ether oxygens (including phenoxy) is 2. The number of nitrogens with one attached hydrogen (secondary N) is 1. The molecule has 0 saturated heterocycles. The second kappa shape index (κ2) is 7.45. The summed E-state index contributed by atoms with van der Waals surface area (Å²) in [6, 6.07) is 11.8. The van der Waals surface area contributed by atoms with Crippen molar-refractivity contribution in [3.63, 3.8) is 0 Å². The van der Waals surface area contributed by atoms with Crippen molar-refractivity contribution in [1.82, 2.24) is 0 Å². The van der Waals surface area contributed by atoms with E-state index in [0.29, 0.717) is 23.4 Å². The number of amides is 1. The summed E-state index contributed by atoms with van der Waals surface area (Å²) in [5, 5.41) is 2.79. The molecule has 0 aliphatic carbocycles. The molecule has 0 unspecified atom stereocenters. The van der Waals surface area contributed by atoms with E-state index in [0.717, 1.165) is 11.3 Å². The molecule has 0 aromatic heterocycles. The van der Waals surface area contributed by atoms with Gasteiger partial charge in [0.15, 0.2) is 0 Å². The van der Waals surface area contributed by atoms with Crippen LogP contribution in [0.2, 0.25) is 0 Å². The van der Waals surface area contributed by atoms with Gasteiger partial charge in [0.25, 0.3) is 5.91 Å². The molecule has 0 bridgehead atoms. The van der Waals surface area contributed by atoms with Crippen LogP contribution in [0.25, 0.3) is 0 Å². The fraction of sp³-hybridized carbons (Fsp3) is 0.222. The average molecular weight is 313 g/mol. The minimum atomic E-state index is -0.412. The van der Waals surface area contributed by atoms with Gasteiger partial charge in [-0.25, -0.2) is 4.79 Å². The van der Waals surface area contributed by atoms with Gasteiger partial charge in [-0.15, -0.1) is 0 Å². The number of anilines is 1. The number of rotatable bonds is 5. The number of hydrogen-bond donors (Lipinski definition) is 1. The van der Waals surface area contributed by atoms with Crippen molar-refractivity contribution in [2.45, 2.75) is 13.8 Å². The summed E-state index contributed by atoms with van der Waals surface area (Å²) in [5.41, 5.74) is 2.49. The van der Waals surface area contributed by atoms with Crippen LogP contribution in [-0.4, -0.2) is 25.6 Å². The highest BCUT2D eigenvalue weighted by atomic mass is 16.5. The molecular weight excluding hydrogens is 294 g/mol. The van der Waals surface area contributed by atoms with Crippen LogP contribution in [0, 0.1) is 6.92 Å². The Kier molecular flexibility index (Phi) is 5.36. The molecule has 0 atom stereocenters. The monoisotopic (exact) mass is 313 g/mol. The Balaban J connectivity index is 2.09. The van der Waals surface area contributed by atoms with Gasteiger partial charge in [-0.3, -0.25) is 4.79 Å². The maximum absolute atomic E-state index is 12.3. The highest BCUT2D eigenvalue weighted by molar-refractivity contribution is 6.04. The zero-order chi connectivity index (χ0) is 16.8. The lowest BCUT2D eigenvalue weighted by Crippen LogP contribution is -2.12. The lowest BCUT2D eigenvalue weighted by atomic mass is 10.1. The number of methoxy groups -OCH3 is 1. The third-order valence-corrected chi connectivity index (χ3v) is 3.30. The SMILES string of the molecule is CCOc1ccc(C(=O)Nc2ccc(C(=O)OC)cc2)cc1C. The molecular formula is C18H19NO4. The number of hydrogen-bond acceptors (Lipinski definition) is 4. The predicted octanol–water partition coefficient (Wildman–Crippen LogP) is 3.43. The van der Waals surface area contributed by atoms with Gasteiger partial charge in [-0.2, -0.15) is 0 Å². The molecule has 120 valence electrons. The first-order chi connectivity index (χ1) is 11.0. The first-order valence-corrected chi connectivity index (χ1v) is 7.28. The van der Waals surface area contributed by atoms with Crippen LogP contribution >= 0.6 is 0 Å². The van der Waals surface area contributed by atoms with Gasteiger partial charge in [0.2, 0.25) is 0 Å². The normalized spacial score (nSPS) is 10.0. The van der Waals surface area contributed by atoms with Crippen LogP contribution in [0.3, 0.4) is 0 Å². The second-order valence-electron chi connectivity index (χ2n) is 4.94. The van der Waals surface area contributed by atoms with Crippen molar-refractivity contribution < 1.29 is 19.1 Å². The third-order valence-electron chi connectivity index (χ3n) is 3.30. The average Bonchev–Trinajstić information content (AvgIpc) is 2.56. The van der Waals surface area contributed by atoms with E-state index in [2.05, 4.69) is 10.1 Å². The molecule has 23 heavy (non-hydrogen) atoms. The lowest BCUT2D eigenvalue weighted by Gasteiger charge is -2.10. The van der Waals surface area contributed by atoms with Crippen molar-refractivity contribution in [2.24, 2.45) is 0 Å². The van der Waals surface area contributed by atoms with Gasteiger partial charge in [0, 0.05) is 11.3 Å². The predicted molar refractivity (Wildman–Crippen MR) is 88.1 cm³/mol. The van der Waals surface area contributed by atoms with Crippen molar-refractivity contribution >= 4 is 17.6 Å². The van der Waals surface area contributed by atoms with Gasteiger partial charge in [0.05, 0.1) is 19.3 Å². The molecule has 1 N–H and O–H groups in total. The Morgan fingerprint density at radius 1 is 1.04 bits per heavy atom. The molecule has 2 aromatic carbocycles. The summed E-state index contributed by atoms with van der Waals surface area (Å²) in [7, 11) is 1.33. The largest absolute Gasteiger partial charge is 0.494 e. The van der Waals surface area contributed by atoms with E-state index >= 15 is 0 Å².